The van der Waals surface area contributed by atoms with Gasteiger partial charge in [-0.3, -0.25) is 4.79 Å². The van der Waals surface area contributed by atoms with E-state index in [4.69, 9.17) is 5.73 Å². The Labute approximate surface area is 83.5 Å². The Kier molecular flexibility index (Phi) is 3.49. The van der Waals surface area contributed by atoms with Gasteiger partial charge in [-0.1, -0.05) is 0 Å². The lowest BCUT2D eigenvalue weighted by Gasteiger charge is -2.17. The van der Waals surface area contributed by atoms with Crippen molar-refractivity contribution in [2.75, 3.05) is 18.6 Å². The number of esters is 1. The lowest BCUT2D eigenvalue weighted by Crippen LogP contribution is -2.36. The van der Waals surface area contributed by atoms with E-state index in [1.165, 1.54) is 7.11 Å². The summed E-state index contributed by atoms with van der Waals surface area (Å²) < 4.78 is 27.1. The molecule has 0 aliphatic carbocycles. The van der Waals surface area contributed by atoms with Gasteiger partial charge in [0.05, 0.1) is 24.5 Å². The second-order valence-corrected chi connectivity index (χ2v) is 5.83. The number of methoxy groups -OCH3 is 1. The molecule has 0 spiro atoms. The van der Waals surface area contributed by atoms with Gasteiger partial charge in [0.15, 0.2) is 0 Å². The molecule has 1 fully saturated rings. The Morgan fingerprint density at radius 3 is 2.50 bits per heavy atom. The molecule has 1 heterocycles. The van der Waals surface area contributed by atoms with Crippen molar-refractivity contribution in [2.24, 2.45) is 11.7 Å². The molecule has 82 valence electrons. The minimum absolute atomic E-state index is 0.0282. The summed E-state index contributed by atoms with van der Waals surface area (Å²) in [5.41, 5.74) is 5.71. The summed E-state index contributed by atoms with van der Waals surface area (Å²) in [6, 6.07) is -0.403. The zero-order valence-corrected chi connectivity index (χ0v) is 8.92. The molecule has 0 aromatic heterocycles. The average molecular weight is 221 g/mol. The molecule has 6 heteroatoms. The first-order chi connectivity index (χ1) is 6.46. The monoisotopic (exact) mass is 221 g/mol. The summed E-state index contributed by atoms with van der Waals surface area (Å²) in [5.74, 6) is -0.783. The van der Waals surface area contributed by atoms with Crippen LogP contribution in [-0.4, -0.2) is 39.0 Å². The van der Waals surface area contributed by atoms with Crippen molar-refractivity contribution in [3.8, 4) is 0 Å². The van der Waals surface area contributed by atoms with Gasteiger partial charge in [-0.25, -0.2) is 8.42 Å². The van der Waals surface area contributed by atoms with E-state index in [-0.39, 0.29) is 17.9 Å². The number of carbonyl (C=O) groups excluding carboxylic acids is 1. The fourth-order valence-corrected chi connectivity index (χ4v) is 3.03. The third-order valence-corrected chi connectivity index (χ3v) is 4.24. The molecule has 2 atom stereocenters. The van der Waals surface area contributed by atoms with Crippen molar-refractivity contribution in [2.45, 2.75) is 18.9 Å². The minimum Gasteiger partial charge on any atom is -0.469 e. The van der Waals surface area contributed by atoms with Crippen molar-refractivity contribution in [3.63, 3.8) is 0 Å². The number of rotatable bonds is 1. The van der Waals surface area contributed by atoms with E-state index < -0.39 is 27.8 Å². The average Bonchev–Trinajstić information content (AvgIpc) is 2.26. The zero-order valence-electron chi connectivity index (χ0n) is 8.10. The summed E-state index contributed by atoms with van der Waals surface area (Å²) in [6.45, 7) is 0. The van der Waals surface area contributed by atoms with Gasteiger partial charge in [-0.15, -0.1) is 0 Å². The normalized spacial score (nSPS) is 31.9. The standard InChI is InChI=1S/C8H15NO4S/c1-13-8(10)6-2-4-14(11,12)5-3-7(6)9/h6-7H,2-5,9H2,1H3. The van der Waals surface area contributed by atoms with Crippen LogP contribution in [0.5, 0.6) is 0 Å². The molecule has 5 nitrogen and oxygen atoms in total. The van der Waals surface area contributed by atoms with E-state index in [9.17, 15) is 13.2 Å². The van der Waals surface area contributed by atoms with E-state index in [2.05, 4.69) is 4.74 Å². The highest BCUT2D eigenvalue weighted by Gasteiger charge is 2.32. The van der Waals surface area contributed by atoms with Gasteiger partial charge in [0.25, 0.3) is 0 Å². The van der Waals surface area contributed by atoms with Crippen LogP contribution in [0, 0.1) is 5.92 Å². The third-order valence-electron chi connectivity index (χ3n) is 2.52. The molecule has 1 aliphatic heterocycles. The van der Waals surface area contributed by atoms with Crippen LogP contribution < -0.4 is 5.73 Å². The van der Waals surface area contributed by atoms with E-state index in [1.54, 1.807) is 0 Å². The van der Waals surface area contributed by atoms with Crippen molar-refractivity contribution < 1.29 is 17.9 Å². The second kappa shape index (κ2) is 4.27. The molecule has 2 N–H and O–H groups in total. The van der Waals surface area contributed by atoms with Crippen molar-refractivity contribution in [3.05, 3.63) is 0 Å². The Bertz CT molecular complexity index is 311. The van der Waals surface area contributed by atoms with Crippen LogP contribution in [0.2, 0.25) is 0 Å². The lowest BCUT2D eigenvalue weighted by atomic mass is 9.96. The molecule has 1 saturated heterocycles. The molecule has 0 aromatic carbocycles. The van der Waals surface area contributed by atoms with Crippen LogP contribution in [0.1, 0.15) is 12.8 Å². The van der Waals surface area contributed by atoms with Gasteiger partial charge in [0.1, 0.15) is 9.84 Å². The first-order valence-electron chi connectivity index (χ1n) is 4.50. The number of carbonyl (C=O) groups is 1. The van der Waals surface area contributed by atoms with Crippen LogP contribution in [0.4, 0.5) is 0 Å². The lowest BCUT2D eigenvalue weighted by molar-refractivity contribution is -0.146. The van der Waals surface area contributed by atoms with Gasteiger partial charge >= 0.3 is 5.97 Å². The first kappa shape index (κ1) is 11.5. The van der Waals surface area contributed by atoms with Crippen LogP contribution in [0.25, 0.3) is 0 Å². The van der Waals surface area contributed by atoms with Gasteiger partial charge in [0.2, 0.25) is 0 Å². The fourth-order valence-electron chi connectivity index (χ4n) is 1.58. The SMILES string of the molecule is COC(=O)C1CCS(=O)(=O)CCC1N. The number of hydrogen-bond acceptors (Lipinski definition) is 5. The molecule has 1 rings (SSSR count). The van der Waals surface area contributed by atoms with E-state index in [1.807, 2.05) is 0 Å². The Morgan fingerprint density at radius 2 is 1.93 bits per heavy atom. The van der Waals surface area contributed by atoms with Crippen LogP contribution in [0.3, 0.4) is 0 Å². The van der Waals surface area contributed by atoms with Crippen LogP contribution >= 0.6 is 0 Å². The highest BCUT2D eigenvalue weighted by molar-refractivity contribution is 7.91. The smallest absolute Gasteiger partial charge is 0.310 e. The Balaban J connectivity index is 2.75. The summed E-state index contributed by atoms with van der Waals surface area (Å²) in [7, 11) is -1.73. The fraction of sp³-hybridized carbons (Fsp3) is 0.875. The summed E-state index contributed by atoms with van der Waals surface area (Å²) in [6.07, 6.45) is 0.609. The predicted molar refractivity (Wildman–Crippen MR) is 51.4 cm³/mol. The number of ether oxygens (including phenoxy) is 1. The first-order valence-corrected chi connectivity index (χ1v) is 6.32. The molecule has 0 amide bonds. The molecule has 0 aromatic rings. The molecule has 0 saturated carbocycles. The maximum atomic E-state index is 11.3. The van der Waals surface area contributed by atoms with Crippen LogP contribution in [0.15, 0.2) is 0 Å². The zero-order chi connectivity index (χ0) is 10.8. The Hall–Kier alpha value is -0.620. The largest absolute Gasteiger partial charge is 0.469 e. The van der Waals surface area contributed by atoms with Crippen molar-refractivity contribution >= 4 is 15.8 Å². The van der Waals surface area contributed by atoms with Gasteiger partial charge < -0.3 is 10.5 Å². The highest BCUT2D eigenvalue weighted by Crippen LogP contribution is 2.19. The number of hydrogen-bond donors (Lipinski definition) is 1. The summed E-state index contributed by atoms with van der Waals surface area (Å²) in [5, 5.41) is 0. The highest BCUT2D eigenvalue weighted by atomic mass is 32.2. The van der Waals surface area contributed by atoms with Crippen molar-refractivity contribution in [1.29, 1.82) is 0 Å². The second-order valence-electron chi connectivity index (χ2n) is 3.52. The maximum absolute atomic E-state index is 11.3. The van der Waals surface area contributed by atoms with Gasteiger partial charge in [-0.05, 0) is 12.8 Å². The van der Waals surface area contributed by atoms with Gasteiger partial charge in [0, 0.05) is 6.04 Å². The molecule has 1 aliphatic rings. The van der Waals surface area contributed by atoms with Gasteiger partial charge in [-0.2, -0.15) is 0 Å². The van der Waals surface area contributed by atoms with E-state index >= 15 is 0 Å². The van der Waals surface area contributed by atoms with Crippen molar-refractivity contribution in [1.82, 2.24) is 0 Å². The summed E-state index contributed by atoms with van der Waals surface area (Å²) in [4.78, 5) is 11.2. The Morgan fingerprint density at radius 1 is 1.36 bits per heavy atom. The molecule has 0 bridgehead atoms. The number of nitrogens with two attached hydrogens (primary N) is 1. The molecule has 14 heavy (non-hydrogen) atoms. The predicted octanol–water partition coefficient (Wildman–Crippen LogP) is -0.688. The topological polar surface area (TPSA) is 86.5 Å². The number of sulfone groups is 1. The molecular formula is C8H15NO4S. The van der Waals surface area contributed by atoms with E-state index in [0.717, 1.165) is 0 Å². The van der Waals surface area contributed by atoms with Crippen LogP contribution in [-0.2, 0) is 19.4 Å². The molecular weight excluding hydrogens is 206 g/mol. The maximum Gasteiger partial charge on any atom is 0.310 e. The quantitative estimate of drug-likeness (QED) is 0.592. The third kappa shape index (κ3) is 2.68. The van der Waals surface area contributed by atoms with E-state index in [0.29, 0.717) is 6.42 Å². The summed E-state index contributed by atoms with van der Waals surface area (Å²) >= 11 is 0. The molecule has 0 radical (unpaired) electrons. The molecule has 2 unspecified atom stereocenters. The minimum atomic E-state index is -3.01.